The fourth-order valence-corrected chi connectivity index (χ4v) is 9.44. The van der Waals surface area contributed by atoms with Gasteiger partial charge < -0.3 is 13.3 Å². The van der Waals surface area contributed by atoms with Crippen molar-refractivity contribution in [2.45, 2.75) is 0 Å². The zero-order chi connectivity index (χ0) is 32.5. The van der Waals surface area contributed by atoms with E-state index < -0.39 is 0 Å². The Kier molecular flexibility index (Phi) is 5.12. The van der Waals surface area contributed by atoms with Crippen LogP contribution in [0.4, 0.5) is 0 Å². The lowest BCUT2D eigenvalue weighted by Crippen LogP contribution is -1.89. The molecule has 0 aliphatic rings. The van der Waals surface area contributed by atoms with Gasteiger partial charge in [-0.2, -0.15) is 0 Å². The Morgan fingerprint density at radius 1 is 0.360 bits per heavy atom. The van der Waals surface area contributed by atoms with Crippen molar-refractivity contribution >= 4 is 108 Å². The van der Waals surface area contributed by atoms with E-state index in [1.807, 2.05) is 23.5 Å². The van der Waals surface area contributed by atoms with E-state index in [0.29, 0.717) is 0 Å². The van der Waals surface area contributed by atoms with Crippen LogP contribution < -0.4 is 0 Å². The van der Waals surface area contributed by atoms with Gasteiger partial charge in [-0.1, -0.05) is 91.0 Å². The van der Waals surface area contributed by atoms with Crippen LogP contribution in [0.5, 0.6) is 0 Å². The normalized spacial score (nSPS) is 12.4. The molecule has 8 aromatic carbocycles. The first kappa shape index (κ1) is 26.6. The van der Waals surface area contributed by atoms with Gasteiger partial charge in [0.05, 0.1) is 5.39 Å². The quantitative estimate of drug-likeness (QED) is 0.174. The number of fused-ring (bicyclic) bond motifs is 14. The number of hydrogen-bond acceptors (Lipinski definition) is 4. The van der Waals surface area contributed by atoms with E-state index in [-0.39, 0.29) is 0 Å². The van der Waals surface area contributed by atoms with Gasteiger partial charge >= 0.3 is 0 Å². The van der Waals surface area contributed by atoms with Crippen molar-refractivity contribution in [2.24, 2.45) is 0 Å². The highest BCUT2D eigenvalue weighted by Gasteiger charge is 2.22. The number of thiophene rings is 1. The highest BCUT2D eigenvalue weighted by Crippen LogP contribution is 2.48. The van der Waals surface area contributed by atoms with Gasteiger partial charge in [0.15, 0.2) is 0 Å². The molecule has 12 rings (SSSR count). The molecule has 0 saturated heterocycles. The van der Waals surface area contributed by atoms with Crippen molar-refractivity contribution in [2.75, 3.05) is 0 Å². The Morgan fingerprint density at radius 3 is 1.84 bits per heavy atom. The maximum atomic E-state index is 6.93. The SMILES string of the molecule is c1ccc2c(c1)oc1c2ccc2oc3cc(-c4c5ccccc5c(-c5cc6ccc7sc8ccccc8c7c6o5)c5ccccc45)ccc3c21. The summed E-state index contributed by atoms with van der Waals surface area (Å²) in [7, 11) is 0. The summed E-state index contributed by atoms with van der Waals surface area (Å²) in [6.45, 7) is 0. The predicted molar refractivity (Wildman–Crippen MR) is 210 cm³/mol. The van der Waals surface area contributed by atoms with Crippen LogP contribution >= 0.6 is 11.3 Å². The zero-order valence-corrected chi connectivity index (χ0v) is 27.3. The molecule has 0 saturated carbocycles. The highest BCUT2D eigenvalue weighted by molar-refractivity contribution is 7.26. The lowest BCUT2D eigenvalue weighted by atomic mass is 9.87. The summed E-state index contributed by atoms with van der Waals surface area (Å²) in [6, 6.07) is 51.7. The van der Waals surface area contributed by atoms with E-state index in [0.717, 1.165) is 82.5 Å². The minimum Gasteiger partial charge on any atom is -0.456 e. The van der Waals surface area contributed by atoms with Gasteiger partial charge in [-0.3, -0.25) is 0 Å². The summed E-state index contributed by atoms with van der Waals surface area (Å²) >= 11 is 1.82. The lowest BCUT2D eigenvalue weighted by molar-refractivity contribution is 0.636. The number of para-hydroxylation sites is 1. The number of rotatable bonds is 2. The van der Waals surface area contributed by atoms with Crippen LogP contribution in [0.3, 0.4) is 0 Å². The zero-order valence-electron chi connectivity index (χ0n) is 26.5. The second-order valence-electron chi connectivity index (χ2n) is 13.1. The summed E-state index contributed by atoms with van der Waals surface area (Å²) in [5.41, 5.74) is 7.76. The predicted octanol–water partition coefficient (Wildman–Crippen LogP) is 14.2. The molecule has 0 N–H and O–H groups in total. The first-order valence-electron chi connectivity index (χ1n) is 16.8. The van der Waals surface area contributed by atoms with E-state index in [2.05, 4.69) is 133 Å². The largest absolute Gasteiger partial charge is 0.456 e. The Balaban J connectivity index is 1.12. The minimum atomic E-state index is 0.825. The average Bonchev–Trinajstić information content (AvgIpc) is 3.94. The van der Waals surface area contributed by atoms with E-state index in [9.17, 15) is 0 Å². The van der Waals surface area contributed by atoms with E-state index >= 15 is 0 Å². The summed E-state index contributed by atoms with van der Waals surface area (Å²) in [6.07, 6.45) is 0. The van der Waals surface area contributed by atoms with Crippen LogP contribution in [0, 0.1) is 0 Å². The van der Waals surface area contributed by atoms with Crippen molar-refractivity contribution < 1.29 is 13.3 Å². The Bertz CT molecular complexity index is 3330. The van der Waals surface area contributed by atoms with Gasteiger partial charge in [0.25, 0.3) is 0 Å². The first-order chi connectivity index (χ1) is 24.8. The number of furan rings is 3. The van der Waals surface area contributed by atoms with Gasteiger partial charge in [-0.15, -0.1) is 11.3 Å². The van der Waals surface area contributed by atoms with Crippen LogP contribution in [0.25, 0.3) is 119 Å². The molecule has 0 atom stereocenters. The molecule has 12 aromatic rings. The Labute approximate surface area is 288 Å². The van der Waals surface area contributed by atoms with E-state index in [4.69, 9.17) is 13.3 Å². The molecule has 0 bridgehead atoms. The standard InChI is InChI=1S/C46H24O3S/c1-3-12-30-28(10-1)41(25-17-19-33-37(23-25)47-36-21-20-32-27-9-5-7-15-35(27)48-46(32)43(33)36)29-11-2-4-13-31(29)42(30)38-24-26-18-22-40-44(45(26)49-38)34-14-6-8-16-39(34)50-40/h1-24H. The van der Waals surface area contributed by atoms with E-state index in [1.54, 1.807) is 0 Å². The molecule has 3 nitrogen and oxygen atoms in total. The van der Waals surface area contributed by atoms with Crippen LogP contribution in [0.1, 0.15) is 0 Å². The second kappa shape index (κ2) is 9.63. The average molecular weight is 657 g/mol. The van der Waals surface area contributed by atoms with Gasteiger partial charge in [-0.05, 0) is 87.3 Å². The molecule has 0 spiro atoms. The first-order valence-corrected chi connectivity index (χ1v) is 17.6. The molecule has 0 fully saturated rings. The maximum absolute atomic E-state index is 6.93. The maximum Gasteiger partial charge on any atom is 0.147 e. The van der Waals surface area contributed by atoms with Crippen molar-refractivity contribution in [3.05, 3.63) is 146 Å². The van der Waals surface area contributed by atoms with Crippen LogP contribution in [0.15, 0.2) is 159 Å². The summed E-state index contributed by atoms with van der Waals surface area (Å²) in [5.74, 6) is 0.879. The molecule has 4 heterocycles. The van der Waals surface area contributed by atoms with Crippen molar-refractivity contribution in [3.63, 3.8) is 0 Å². The fraction of sp³-hybridized carbons (Fsp3) is 0. The van der Waals surface area contributed by atoms with E-state index in [1.165, 1.54) is 36.5 Å². The molecule has 0 radical (unpaired) electrons. The molecule has 0 unspecified atom stereocenters. The third kappa shape index (κ3) is 3.48. The van der Waals surface area contributed by atoms with Crippen LogP contribution in [-0.2, 0) is 0 Å². The fourth-order valence-electron chi connectivity index (χ4n) is 8.33. The second-order valence-corrected chi connectivity index (χ2v) is 14.2. The third-order valence-corrected chi connectivity index (χ3v) is 11.6. The molecule has 4 aromatic heterocycles. The number of hydrogen-bond donors (Lipinski definition) is 0. The topological polar surface area (TPSA) is 39.4 Å². The highest BCUT2D eigenvalue weighted by atomic mass is 32.1. The summed E-state index contributed by atoms with van der Waals surface area (Å²) < 4.78 is 22.4. The van der Waals surface area contributed by atoms with Gasteiger partial charge in [-0.25, -0.2) is 0 Å². The molecule has 50 heavy (non-hydrogen) atoms. The van der Waals surface area contributed by atoms with Gasteiger partial charge in [0, 0.05) is 47.3 Å². The van der Waals surface area contributed by atoms with Crippen LogP contribution in [0.2, 0.25) is 0 Å². The molecule has 0 aliphatic carbocycles. The van der Waals surface area contributed by atoms with Crippen molar-refractivity contribution in [1.82, 2.24) is 0 Å². The Hall–Kier alpha value is -6.36. The van der Waals surface area contributed by atoms with Crippen molar-refractivity contribution in [1.29, 1.82) is 0 Å². The third-order valence-electron chi connectivity index (χ3n) is 10.5. The summed E-state index contributed by atoms with van der Waals surface area (Å²) in [5, 5.41) is 12.5. The molecule has 4 heteroatoms. The van der Waals surface area contributed by atoms with Crippen LogP contribution in [-0.4, -0.2) is 0 Å². The molecule has 0 amide bonds. The van der Waals surface area contributed by atoms with Crippen molar-refractivity contribution in [3.8, 4) is 22.5 Å². The number of benzene rings is 8. The van der Waals surface area contributed by atoms with Gasteiger partial charge in [0.1, 0.15) is 33.7 Å². The summed E-state index contributed by atoms with van der Waals surface area (Å²) in [4.78, 5) is 0. The Morgan fingerprint density at radius 2 is 1.04 bits per heavy atom. The lowest BCUT2D eigenvalue weighted by Gasteiger charge is -2.16. The molecule has 0 aliphatic heterocycles. The molecular weight excluding hydrogens is 633 g/mol. The monoisotopic (exact) mass is 656 g/mol. The molecule has 232 valence electrons. The van der Waals surface area contributed by atoms with Gasteiger partial charge in [0.2, 0.25) is 0 Å². The molecular formula is C46H24O3S. The smallest absolute Gasteiger partial charge is 0.147 e. The minimum absolute atomic E-state index is 0.825.